The molecule has 17 heavy (non-hydrogen) atoms. The Morgan fingerprint density at radius 3 is 2.53 bits per heavy atom. The van der Waals surface area contributed by atoms with Crippen LogP contribution in [0.15, 0.2) is 0 Å². The fourth-order valence-electron chi connectivity index (χ4n) is 2.05. The van der Waals surface area contributed by atoms with Gasteiger partial charge in [0.15, 0.2) is 0 Å². The van der Waals surface area contributed by atoms with Crippen LogP contribution in [-0.2, 0) is 9.59 Å². The van der Waals surface area contributed by atoms with E-state index in [-0.39, 0.29) is 18.5 Å². The SMILES string of the molecule is CC(C)(CNC(=O)C1(C)CCCC1N)C(=O)O. The third-order valence-electron chi connectivity index (χ3n) is 3.82. The highest BCUT2D eigenvalue weighted by molar-refractivity contribution is 5.84. The molecule has 4 N–H and O–H groups in total. The summed E-state index contributed by atoms with van der Waals surface area (Å²) >= 11 is 0. The largest absolute Gasteiger partial charge is 0.481 e. The number of hydrogen-bond acceptors (Lipinski definition) is 3. The number of amides is 1. The molecule has 0 aromatic heterocycles. The van der Waals surface area contributed by atoms with Crippen LogP contribution in [0, 0.1) is 10.8 Å². The second-order valence-corrected chi connectivity index (χ2v) is 5.79. The van der Waals surface area contributed by atoms with Crippen LogP contribution in [0.4, 0.5) is 0 Å². The Bertz CT molecular complexity index is 328. The predicted octanol–water partition coefficient (Wildman–Crippen LogP) is 0.731. The van der Waals surface area contributed by atoms with Crippen molar-refractivity contribution >= 4 is 11.9 Å². The Morgan fingerprint density at radius 2 is 2.12 bits per heavy atom. The number of carbonyl (C=O) groups is 2. The molecule has 0 heterocycles. The van der Waals surface area contributed by atoms with Gasteiger partial charge in [-0.2, -0.15) is 0 Å². The van der Waals surface area contributed by atoms with Gasteiger partial charge in [-0.05, 0) is 33.6 Å². The number of hydrogen-bond donors (Lipinski definition) is 3. The molecular weight excluding hydrogens is 220 g/mol. The van der Waals surface area contributed by atoms with Crippen LogP contribution in [0.1, 0.15) is 40.0 Å². The van der Waals surface area contributed by atoms with Crippen molar-refractivity contribution in [3.05, 3.63) is 0 Å². The summed E-state index contributed by atoms with van der Waals surface area (Å²) in [5.41, 5.74) is 4.44. The Kier molecular flexibility index (Phi) is 3.81. The summed E-state index contributed by atoms with van der Waals surface area (Å²) in [5, 5.41) is 11.7. The van der Waals surface area contributed by atoms with E-state index < -0.39 is 16.8 Å². The van der Waals surface area contributed by atoms with Crippen LogP contribution < -0.4 is 11.1 Å². The van der Waals surface area contributed by atoms with Crippen molar-refractivity contribution in [1.29, 1.82) is 0 Å². The standard InChI is InChI=1S/C12H22N2O3/c1-11(2,10(16)17)7-14-9(15)12(3)6-4-5-8(12)13/h8H,4-7,13H2,1-3H3,(H,14,15)(H,16,17). The molecule has 5 heteroatoms. The van der Waals surface area contributed by atoms with Crippen molar-refractivity contribution in [2.75, 3.05) is 6.54 Å². The van der Waals surface area contributed by atoms with Crippen molar-refractivity contribution in [3.63, 3.8) is 0 Å². The fourth-order valence-corrected chi connectivity index (χ4v) is 2.05. The van der Waals surface area contributed by atoms with E-state index in [2.05, 4.69) is 5.32 Å². The molecule has 0 aromatic carbocycles. The first kappa shape index (κ1) is 14.0. The molecule has 1 amide bonds. The normalized spacial score (nSPS) is 29.1. The lowest BCUT2D eigenvalue weighted by molar-refractivity contribution is -0.147. The van der Waals surface area contributed by atoms with Gasteiger partial charge >= 0.3 is 5.97 Å². The quantitative estimate of drug-likeness (QED) is 0.677. The third kappa shape index (κ3) is 2.77. The number of aliphatic carboxylic acids is 1. The molecule has 0 spiro atoms. The van der Waals surface area contributed by atoms with Crippen LogP contribution in [0.5, 0.6) is 0 Å². The second-order valence-electron chi connectivity index (χ2n) is 5.79. The van der Waals surface area contributed by atoms with Gasteiger partial charge < -0.3 is 16.2 Å². The molecule has 1 aliphatic rings. The zero-order valence-corrected chi connectivity index (χ0v) is 10.7. The zero-order valence-electron chi connectivity index (χ0n) is 10.7. The van der Waals surface area contributed by atoms with Crippen LogP contribution in [0.25, 0.3) is 0 Å². The second kappa shape index (κ2) is 4.64. The number of rotatable bonds is 4. The Morgan fingerprint density at radius 1 is 1.53 bits per heavy atom. The lowest BCUT2D eigenvalue weighted by Gasteiger charge is -2.29. The fraction of sp³-hybridized carbons (Fsp3) is 0.833. The minimum atomic E-state index is -0.950. The van der Waals surface area contributed by atoms with Crippen LogP contribution in [0.2, 0.25) is 0 Å². The van der Waals surface area contributed by atoms with Crippen LogP contribution in [-0.4, -0.2) is 29.6 Å². The van der Waals surface area contributed by atoms with Crippen molar-refractivity contribution in [2.24, 2.45) is 16.6 Å². The molecule has 2 unspecified atom stereocenters. The van der Waals surface area contributed by atoms with E-state index in [1.165, 1.54) is 0 Å². The Hall–Kier alpha value is -1.10. The van der Waals surface area contributed by atoms with E-state index in [1.807, 2.05) is 6.92 Å². The number of carboxylic acid groups (broad SMARTS) is 1. The summed E-state index contributed by atoms with van der Waals surface area (Å²) in [4.78, 5) is 23.0. The molecule has 0 saturated heterocycles. The number of nitrogens with two attached hydrogens (primary N) is 1. The molecule has 1 fully saturated rings. The molecule has 1 aliphatic carbocycles. The maximum absolute atomic E-state index is 12.1. The van der Waals surface area contributed by atoms with Gasteiger partial charge in [-0.25, -0.2) is 0 Å². The average Bonchev–Trinajstić information content (AvgIpc) is 2.57. The van der Waals surface area contributed by atoms with Crippen molar-refractivity contribution in [2.45, 2.75) is 46.1 Å². The first-order valence-corrected chi connectivity index (χ1v) is 5.97. The van der Waals surface area contributed by atoms with E-state index >= 15 is 0 Å². The summed E-state index contributed by atoms with van der Waals surface area (Å²) in [7, 11) is 0. The lowest BCUT2D eigenvalue weighted by atomic mass is 9.83. The van der Waals surface area contributed by atoms with Gasteiger partial charge in [0, 0.05) is 12.6 Å². The van der Waals surface area contributed by atoms with Gasteiger partial charge in [-0.3, -0.25) is 9.59 Å². The monoisotopic (exact) mass is 242 g/mol. The topological polar surface area (TPSA) is 92.4 Å². The number of carbonyl (C=O) groups excluding carboxylic acids is 1. The van der Waals surface area contributed by atoms with Crippen molar-refractivity contribution < 1.29 is 14.7 Å². The zero-order chi connectivity index (χ0) is 13.3. The maximum atomic E-state index is 12.1. The van der Waals surface area contributed by atoms with E-state index in [1.54, 1.807) is 13.8 Å². The molecule has 2 atom stereocenters. The molecule has 5 nitrogen and oxygen atoms in total. The Labute approximate surface area is 102 Å². The maximum Gasteiger partial charge on any atom is 0.310 e. The van der Waals surface area contributed by atoms with Gasteiger partial charge in [0.1, 0.15) is 0 Å². The van der Waals surface area contributed by atoms with Gasteiger partial charge in [-0.15, -0.1) is 0 Å². The smallest absolute Gasteiger partial charge is 0.310 e. The highest BCUT2D eigenvalue weighted by atomic mass is 16.4. The van der Waals surface area contributed by atoms with Crippen molar-refractivity contribution in [1.82, 2.24) is 5.32 Å². The van der Waals surface area contributed by atoms with Crippen LogP contribution >= 0.6 is 0 Å². The first-order valence-electron chi connectivity index (χ1n) is 5.97. The average molecular weight is 242 g/mol. The number of nitrogens with one attached hydrogen (secondary N) is 1. The van der Waals surface area contributed by atoms with E-state index in [0.717, 1.165) is 19.3 Å². The van der Waals surface area contributed by atoms with E-state index in [9.17, 15) is 9.59 Å². The predicted molar refractivity (Wildman–Crippen MR) is 64.4 cm³/mol. The molecule has 0 aromatic rings. The summed E-state index contributed by atoms with van der Waals surface area (Å²) < 4.78 is 0. The van der Waals surface area contributed by atoms with Crippen molar-refractivity contribution in [3.8, 4) is 0 Å². The molecule has 1 saturated carbocycles. The third-order valence-corrected chi connectivity index (χ3v) is 3.82. The minimum absolute atomic E-state index is 0.128. The van der Waals surface area contributed by atoms with Gasteiger partial charge in [0.05, 0.1) is 10.8 Å². The molecule has 0 radical (unpaired) electrons. The lowest BCUT2D eigenvalue weighted by Crippen LogP contribution is -2.50. The summed E-state index contributed by atoms with van der Waals surface area (Å²) in [6.07, 6.45) is 2.58. The summed E-state index contributed by atoms with van der Waals surface area (Å²) in [5.74, 6) is -1.05. The molecule has 1 rings (SSSR count). The summed E-state index contributed by atoms with van der Waals surface area (Å²) in [6, 6.07) is -0.129. The van der Waals surface area contributed by atoms with E-state index in [0.29, 0.717) is 0 Å². The highest BCUT2D eigenvalue weighted by Gasteiger charge is 2.43. The molecule has 0 bridgehead atoms. The van der Waals surface area contributed by atoms with Gasteiger partial charge in [-0.1, -0.05) is 6.42 Å². The minimum Gasteiger partial charge on any atom is -0.481 e. The molecule has 0 aliphatic heterocycles. The Balaban J connectivity index is 2.59. The number of carboxylic acids is 1. The van der Waals surface area contributed by atoms with Gasteiger partial charge in [0.25, 0.3) is 0 Å². The van der Waals surface area contributed by atoms with Gasteiger partial charge in [0.2, 0.25) is 5.91 Å². The molecule has 98 valence electrons. The van der Waals surface area contributed by atoms with E-state index in [4.69, 9.17) is 10.8 Å². The highest BCUT2D eigenvalue weighted by Crippen LogP contribution is 2.36. The summed E-state index contributed by atoms with van der Waals surface area (Å²) in [6.45, 7) is 5.16. The van der Waals surface area contributed by atoms with Crippen LogP contribution in [0.3, 0.4) is 0 Å². The molecular formula is C12H22N2O3. The first-order chi connectivity index (χ1) is 7.70.